The molecule has 1 atom stereocenters. The molecule has 2 aromatic carbocycles. The lowest BCUT2D eigenvalue weighted by molar-refractivity contribution is -0.385. The number of aliphatic imine (C=N–C) groups is 1. The van der Waals surface area contributed by atoms with Gasteiger partial charge in [-0.3, -0.25) is 15.1 Å². The molecule has 3 aromatic rings. The topological polar surface area (TPSA) is 115 Å². The van der Waals surface area contributed by atoms with Gasteiger partial charge < -0.3 is 9.84 Å². The van der Waals surface area contributed by atoms with Crippen LogP contribution in [0.25, 0.3) is 10.9 Å². The second-order valence-corrected chi connectivity index (χ2v) is 7.70. The van der Waals surface area contributed by atoms with Crippen LogP contribution in [0.1, 0.15) is 11.3 Å². The summed E-state index contributed by atoms with van der Waals surface area (Å²) in [5.74, 6) is -1.15. The number of carboxylic acids is 1. The average Bonchev–Trinajstić information content (AvgIpc) is 3.23. The standard InChI is InChI=1S/C20H12F3N3O5S/c21-20(22,23)11-2-6-16(26(29)30)17(8-11)31-12-3-5-13-10(7-12)1-4-14(24-13)18-25-15(9-32-18)19(27)28/h1-8,15H,9H2,(H,27,28). The van der Waals surface area contributed by atoms with Crippen LogP contribution in [-0.4, -0.2) is 37.8 Å². The molecule has 0 amide bonds. The Hall–Kier alpha value is -3.67. The van der Waals surface area contributed by atoms with Gasteiger partial charge in [-0.2, -0.15) is 13.2 Å². The Morgan fingerprint density at radius 1 is 1.19 bits per heavy atom. The third-order valence-corrected chi connectivity index (χ3v) is 5.60. The van der Waals surface area contributed by atoms with Gasteiger partial charge in [0.1, 0.15) is 10.8 Å². The zero-order valence-corrected chi connectivity index (χ0v) is 16.7. The first kappa shape index (κ1) is 21.6. The molecule has 4 rings (SSSR count). The number of nitro benzene ring substituents is 1. The number of halogens is 3. The maximum Gasteiger partial charge on any atom is 0.416 e. The minimum absolute atomic E-state index is 0.0907. The van der Waals surface area contributed by atoms with Gasteiger partial charge in [0.2, 0.25) is 5.75 Å². The molecule has 1 aromatic heterocycles. The molecule has 2 heterocycles. The van der Waals surface area contributed by atoms with E-state index in [-0.39, 0.29) is 5.75 Å². The van der Waals surface area contributed by atoms with Crippen molar-refractivity contribution in [3.8, 4) is 11.5 Å². The van der Waals surface area contributed by atoms with Crippen LogP contribution < -0.4 is 4.74 Å². The lowest BCUT2D eigenvalue weighted by Crippen LogP contribution is -2.17. The fraction of sp³-hybridized carbons (Fsp3) is 0.150. The van der Waals surface area contributed by atoms with Crippen LogP contribution in [0.4, 0.5) is 18.9 Å². The minimum Gasteiger partial charge on any atom is -0.480 e. The van der Waals surface area contributed by atoms with Gasteiger partial charge >= 0.3 is 17.8 Å². The number of benzene rings is 2. The number of alkyl halides is 3. The van der Waals surface area contributed by atoms with E-state index in [1.165, 1.54) is 23.9 Å². The molecule has 0 spiro atoms. The summed E-state index contributed by atoms with van der Waals surface area (Å²) in [5, 5.41) is 21.3. The molecule has 8 nitrogen and oxygen atoms in total. The van der Waals surface area contributed by atoms with E-state index in [4.69, 9.17) is 9.84 Å². The van der Waals surface area contributed by atoms with Crippen LogP contribution in [0.5, 0.6) is 11.5 Å². The van der Waals surface area contributed by atoms with E-state index in [1.54, 1.807) is 18.2 Å². The molecule has 0 radical (unpaired) electrons. The lowest BCUT2D eigenvalue weighted by Gasteiger charge is -2.11. The molecular weight excluding hydrogens is 451 g/mol. The zero-order valence-electron chi connectivity index (χ0n) is 15.9. The number of pyridine rings is 1. The summed E-state index contributed by atoms with van der Waals surface area (Å²) < 4.78 is 44.4. The number of thioether (sulfide) groups is 1. The highest BCUT2D eigenvalue weighted by Gasteiger charge is 2.33. The second-order valence-electron chi connectivity index (χ2n) is 6.69. The number of fused-ring (bicyclic) bond motifs is 1. The van der Waals surface area contributed by atoms with Crippen LogP contribution in [-0.2, 0) is 11.0 Å². The highest BCUT2D eigenvalue weighted by atomic mass is 32.2. The van der Waals surface area contributed by atoms with Crippen LogP contribution >= 0.6 is 11.8 Å². The number of carbonyl (C=O) groups is 1. The van der Waals surface area contributed by atoms with Crippen LogP contribution in [0, 0.1) is 10.1 Å². The van der Waals surface area contributed by atoms with E-state index in [9.17, 15) is 28.1 Å². The molecule has 0 saturated carbocycles. The van der Waals surface area contributed by atoms with E-state index in [0.29, 0.717) is 39.5 Å². The van der Waals surface area contributed by atoms with Gasteiger partial charge in [-0.1, -0.05) is 6.07 Å². The molecule has 0 saturated heterocycles. The van der Waals surface area contributed by atoms with Crippen molar-refractivity contribution in [2.45, 2.75) is 12.2 Å². The molecule has 164 valence electrons. The minimum atomic E-state index is -4.68. The van der Waals surface area contributed by atoms with Gasteiger partial charge in [0.05, 0.1) is 21.7 Å². The molecule has 32 heavy (non-hydrogen) atoms. The zero-order chi connectivity index (χ0) is 23.0. The van der Waals surface area contributed by atoms with E-state index in [1.807, 2.05) is 0 Å². The number of hydrogen-bond donors (Lipinski definition) is 1. The quantitative estimate of drug-likeness (QED) is 0.423. The first-order valence-electron chi connectivity index (χ1n) is 9.00. The number of nitrogens with zero attached hydrogens (tertiary/aromatic N) is 3. The maximum atomic E-state index is 13.0. The average molecular weight is 463 g/mol. The monoisotopic (exact) mass is 463 g/mol. The molecule has 1 aliphatic heterocycles. The fourth-order valence-electron chi connectivity index (χ4n) is 2.98. The van der Waals surface area contributed by atoms with E-state index < -0.39 is 40.1 Å². The number of ether oxygens (including phenoxy) is 1. The highest BCUT2D eigenvalue weighted by molar-refractivity contribution is 8.14. The third kappa shape index (κ3) is 4.35. The van der Waals surface area contributed by atoms with E-state index in [2.05, 4.69) is 9.98 Å². The van der Waals surface area contributed by atoms with Gasteiger partial charge in [0, 0.05) is 23.3 Å². The lowest BCUT2D eigenvalue weighted by atomic mass is 10.1. The van der Waals surface area contributed by atoms with Gasteiger partial charge in [0.25, 0.3) is 0 Å². The second kappa shape index (κ2) is 8.11. The number of aromatic nitrogens is 1. The van der Waals surface area contributed by atoms with Gasteiger partial charge in [-0.25, -0.2) is 9.78 Å². The SMILES string of the molecule is O=C(O)C1CSC(c2ccc3cc(Oc4cc(C(F)(F)F)ccc4[N+](=O)[O-])ccc3n2)=N1. The predicted molar refractivity (Wildman–Crippen MR) is 110 cm³/mol. The fourth-order valence-corrected chi connectivity index (χ4v) is 3.97. The largest absolute Gasteiger partial charge is 0.480 e. The summed E-state index contributed by atoms with van der Waals surface area (Å²) in [5.41, 5.74) is -0.667. The summed E-state index contributed by atoms with van der Waals surface area (Å²) in [4.78, 5) is 30.0. The Morgan fingerprint density at radius 3 is 2.62 bits per heavy atom. The highest BCUT2D eigenvalue weighted by Crippen LogP contribution is 2.38. The van der Waals surface area contributed by atoms with Gasteiger partial charge in [-0.05, 0) is 30.3 Å². The molecule has 0 fully saturated rings. The van der Waals surface area contributed by atoms with Crippen molar-refractivity contribution in [1.82, 2.24) is 4.98 Å². The first-order chi connectivity index (χ1) is 15.1. The van der Waals surface area contributed by atoms with E-state index in [0.717, 1.165) is 6.07 Å². The third-order valence-electron chi connectivity index (χ3n) is 4.53. The summed E-state index contributed by atoms with van der Waals surface area (Å²) in [6, 6.07) is 8.88. The number of aliphatic carboxylic acids is 1. The molecule has 1 N–H and O–H groups in total. The smallest absolute Gasteiger partial charge is 0.416 e. The van der Waals surface area contributed by atoms with Crippen molar-refractivity contribution in [2.24, 2.45) is 4.99 Å². The number of carboxylic acid groups (broad SMARTS) is 1. The Kier molecular flexibility index (Phi) is 5.46. The van der Waals surface area contributed by atoms with Crippen molar-refractivity contribution in [3.63, 3.8) is 0 Å². The van der Waals surface area contributed by atoms with Crippen molar-refractivity contribution >= 4 is 39.4 Å². The van der Waals surface area contributed by atoms with Crippen molar-refractivity contribution in [3.05, 3.63) is 69.9 Å². The number of nitro groups is 1. The molecule has 1 unspecified atom stereocenters. The normalized spacial score (nSPS) is 16.1. The van der Waals surface area contributed by atoms with Crippen LogP contribution in [0.2, 0.25) is 0 Å². The van der Waals surface area contributed by atoms with Crippen molar-refractivity contribution in [2.75, 3.05) is 5.75 Å². The number of rotatable bonds is 5. The number of hydrogen-bond acceptors (Lipinski definition) is 7. The molecule has 0 bridgehead atoms. The Morgan fingerprint density at radius 2 is 1.97 bits per heavy atom. The summed E-state index contributed by atoms with van der Waals surface area (Å²) in [6.45, 7) is 0. The van der Waals surface area contributed by atoms with Crippen molar-refractivity contribution in [1.29, 1.82) is 0 Å². The molecule has 12 heteroatoms. The summed E-state index contributed by atoms with van der Waals surface area (Å²) in [6.07, 6.45) is -4.68. The summed E-state index contributed by atoms with van der Waals surface area (Å²) >= 11 is 1.28. The Balaban J connectivity index is 1.65. The summed E-state index contributed by atoms with van der Waals surface area (Å²) in [7, 11) is 0. The van der Waals surface area contributed by atoms with Gasteiger partial charge in [0.15, 0.2) is 6.04 Å². The van der Waals surface area contributed by atoms with Crippen LogP contribution in [0.3, 0.4) is 0 Å². The van der Waals surface area contributed by atoms with Gasteiger partial charge in [-0.15, -0.1) is 11.8 Å². The van der Waals surface area contributed by atoms with Crippen LogP contribution in [0.15, 0.2) is 53.5 Å². The predicted octanol–water partition coefficient (Wildman–Crippen LogP) is 4.90. The Labute approximate surface area is 181 Å². The first-order valence-corrected chi connectivity index (χ1v) is 9.98. The van der Waals surface area contributed by atoms with E-state index >= 15 is 0 Å². The Bertz CT molecular complexity index is 1280. The maximum absolute atomic E-state index is 13.0. The van der Waals surface area contributed by atoms with Crippen molar-refractivity contribution < 1.29 is 32.7 Å². The molecular formula is C20H12F3N3O5S. The molecule has 0 aliphatic carbocycles. The molecule has 1 aliphatic rings.